The van der Waals surface area contributed by atoms with Crippen LogP contribution < -0.4 is 15.4 Å². The Morgan fingerprint density at radius 2 is 1.86 bits per heavy atom. The van der Waals surface area contributed by atoms with Crippen LogP contribution in [0.1, 0.15) is 24.5 Å². The molecule has 2 rings (SSSR count). The van der Waals surface area contributed by atoms with Crippen LogP contribution in [0.25, 0.3) is 0 Å². The fourth-order valence-electron chi connectivity index (χ4n) is 2.44. The number of methoxy groups -OCH3 is 1. The molecular formula is C21H29FIN3O2. The van der Waals surface area contributed by atoms with Crippen molar-refractivity contribution in [3.05, 3.63) is 65.5 Å². The van der Waals surface area contributed by atoms with Gasteiger partial charge in [-0.25, -0.2) is 9.38 Å². The fourth-order valence-corrected chi connectivity index (χ4v) is 2.44. The molecule has 154 valence electrons. The van der Waals surface area contributed by atoms with Gasteiger partial charge in [0.1, 0.15) is 11.6 Å². The normalized spacial score (nSPS) is 10.9. The molecule has 0 spiro atoms. The van der Waals surface area contributed by atoms with Gasteiger partial charge in [0.2, 0.25) is 0 Å². The summed E-state index contributed by atoms with van der Waals surface area (Å²) in [4.78, 5) is 4.48. The Bertz CT molecular complexity index is 711. The molecule has 0 aromatic heterocycles. The molecule has 0 amide bonds. The van der Waals surface area contributed by atoms with E-state index in [9.17, 15) is 4.39 Å². The van der Waals surface area contributed by atoms with Crippen molar-refractivity contribution in [2.45, 2.75) is 26.5 Å². The zero-order valence-electron chi connectivity index (χ0n) is 16.4. The van der Waals surface area contributed by atoms with Gasteiger partial charge in [-0.3, -0.25) is 0 Å². The summed E-state index contributed by atoms with van der Waals surface area (Å²) in [7, 11) is 1.65. The molecule has 0 saturated heterocycles. The number of hydrogen-bond acceptors (Lipinski definition) is 3. The van der Waals surface area contributed by atoms with Gasteiger partial charge >= 0.3 is 0 Å². The minimum absolute atomic E-state index is 0. The summed E-state index contributed by atoms with van der Waals surface area (Å²) in [5.74, 6) is 1.32. The first-order chi connectivity index (χ1) is 13.2. The Labute approximate surface area is 183 Å². The number of halogens is 2. The Hall–Kier alpha value is -1.87. The van der Waals surface area contributed by atoms with Gasteiger partial charge in [-0.1, -0.05) is 24.3 Å². The molecule has 2 aromatic carbocycles. The standard InChI is InChI=1S/C21H28FN3O2.HI/c1-3-23-21(25-15-18-6-4-7-19(22)14-18)24-12-5-13-27-16-17-8-10-20(26-2)11-9-17;/h4,6-11,14H,3,5,12-13,15-16H2,1-2H3,(H2,23,24,25);1H. The van der Waals surface area contributed by atoms with Gasteiger partial charge in [0.15, 0.2) is 5.96 Å². The van der Waals surface area contributed by atoms with E-state index >= 15 is 0 Å². The van der Waals surface area contributed by atoms with E-state index in [-0.39, 0.29) is 29.8 Å². The second-order valence-electron chi connectivity index (χ2n) is 6.01. The van der Waals surface area contributed by atoms with E-state index in [0.717, 1.165) is 42.3 Å². The van der Waals surface area contributed by atoms with Crippen LogP contribution in [-0.4, -0.2) is 32.8 Å². The molecule has 0 aliphatic carbocycles. The first kappa shape index (κ1) is 24.2. The quantitative estimate of drug-likeness (QED) is 0.223. The van der Waals surface area contributed by atoms with E-state index in [1.165, 1.54) is 12.1 Å². The SMILES string of the molecule is CCNC(=NCc1cccc(F)c1)NCCCOCc1ccc(OC)cc1.I. The zero-order chi connectivity index (χ0) is 19.3. The summed E-state index contributed by atoms with van der Waals surface area (Å²) in [5.41, 5.74) is 1.96. The topological polar surface area (TPSA) is 54.9 Å². The Kier molecular flexibility index (Phi) is 12.2. The zero-order valence-corrected chi connectivity index (χ0v) is 18.7. The van der Waals surface area contributed by atoms with Crippen molar-refractivity contribution in [2.24, 2.45) is 4.99 Å². The Morgan fingerprint density at radius 1 is 1.07 bits per heavy atom. The summed E-state index contributed by atoms with van der Waals surface area (Å²) in [6, 6.07) is 14.3. The monoisotopic (exact) mass is 501 g/mol. The molecule has 28 heavy (non-hydrogen) atoms. The summed E-state index contributed by atoms with van der Waals surface area (Å²) in [5, 5.41) is 6.46. The lowest BCUT2D eigenvalue weighted by Gasteiger charge is -2.11. The van der Waals surface area contributed by atoms with Gasteiger partial charge in [-0.2, -0.15) is 0 Å². The molecular weight excluding hydrogens is 472 g/mol. The molecule has 7 heteroatoms. The van der Waals surface area contributed by atoms with Crippen molar-refractivity contribution in [2.75, 3.05) is 26.8 Å². The van der Waals surface area contributed by atoms with Crippen LogP contribution in [0, 0.1) is 5.82 Å². The predicted molar refractivity (Wildman–Crippen MR) is 122 cm³/mol. The minimum atomic E-state index is -0.241. The fraction of sp³-hybridized carbons (Fsp3) is 0.381. The molecule has 2 aromatic rings. The maximum Gasteiger partial charge on any atom is 0.191 e. The van der Waals surface area contributed by atoms with Gasteiger partial charge in [-0.05, 0) is 48.7 Å². The molecule has 0 heterocycles. The number of aliphatic imine (C=N–C) groups is 1. The number of ether oxygens (including phenoxy) is 2. The minimum Gasteiger partial charge on any atom is -0.497 e. The smallest absolute Gasteiger partial charge is 0.191 e. The van der Waals surface area contributed by atoms with Crippen molar-refractivity contribution < 1.29 is 13.9 Å². The summed E-state index contributed by atoms with van der Waals surface area (Å²) < 4.78 is 24.1. The van der Waals surface area contributed by atoms with Crippen LogP contribution in [0.4, 0.5) is 4.39 Å². The molecule has 0 unspecified atom stereocenters. The average Bonchev–Trinajstić information content (AvgIpc) is 2.69. The highest BCUT2D eigenvalue weighted by Gasteiger charge is 1.99. The lowest BCUT2D eigenvalue weighted by atomic mass is 10.2. The van der Waals surface area contributed by atoms with Gasteiger partial charge in [0.25, 0.3) is 0 Å². The van der Waals surface area contributed by atoms with Crippen LogP contribution in [-0.2, 0) is 17.9 Å². The van der Waals surface area contributed by atoms with E-state index in [0.29, 0.717) is 19.8 Å². The van der Waals surface area contributed by atoms with E-state index in [1.54, 1.807) is 13.2 Å². The van der Waals surface area contributed by atoms with Crippen LogP contribution in [0.15, 0.2) is 53.5 Å². The predicted octanol–water partition coefficient (Wildman–Crippen LogP) is 4.11. The number of benzene rings is 2. The molecule has 2 N–H and O–H groups in total. The van der Waals surface area contributed by atoms with Crippen molar-refractivity contribution in [1.29, 1.82) is 0 Å². The molecule has 0 aliphatic rings. The first-order valence-corrected chi connectivity index (χ1v) is 9.18. The summed E-state index contributed by atoms with van der Waals surface area (Å²) >= 11 is 0. The second kappa shape index (κ2) is 14.2. The molecule has 5 nitrogen and oxygen atoms in total. The van der Waals surface area contributed by atoms with Crippen molar-refractivity contribution in [3.63, 3.8) is 0 Å². The average molecular weight is 501 g/mol. The highest BCUT2D eigenvalue weighted by Crippen LogP contribution is 2.11. The molecule has 0 fully saturated rings. The first-order valence-electron chi connectivity index (χ1n) is 9.18. The maximum absolute atomic E-state index is 13.2. The highest BCUT2D eigenvalue weighted by atomic mass is 127. The third-order valence-corrected chi connectivity index (χ3v) is 3.84. The summed E-state index contributed by atoms with van der Waals surface area (Å²) in [6.45, 7) is 5.19. The number of guanidine groups is 1. The third-order valence-electron chi connectivity index (χ3n) is 3.84. The lowest BCUT2D eigenvalue weighted by Crippen LogP contribution is -2.38. The summed E-state index contributed by atoms with van der Waals surface area (Å²) in [6.07, 6.45) is 0.862. The number of hydrogen-bond donors (Lipinski definition) is 2. The van der Waals surface area contributed by atoms with E-state index in [4.69, 9.17) is 9.47 Å². The highest BCUT2D eigenvalue weighted by molar-refractivity contribution is 14.0. The largest absolute Gasteiger partial charge is 0.497 e. The van der Waals surface area contributed by atoms with E-state index in [2.05, 4.69) is 15.6 Å². The number of nitrogens with zero attached hydrogens (tertiary/aromatic N) is 1. The molecule has 0 aliphatic heterocycles. The number of nitrogens with one attached hydrogen (secondary N) is 2. The molecule has 0 atom stereocenters. The van der Waals surface area contributed by atoms with E-state index < -0.39 is 0 Å². The van der Waals surface area contributed by atoms with Crippen molar-refractivity contribution >= 4 is 29.9 Å². The van der Waals surface area contributed by atoms with Crippen LogP contribution in [0.2, 0.25) is 0 Å². The van der Waals surface area contributed by atoms with Crippen LogP contribution in [0.3, 0.4) is 0 Å². The Balaban J connectivity index is 0.00000392. The van der Waals surface area contributed by atoms with Gasteiger partial charge in [-0.15, -0.1) is 24.0 Å². The van der Waals surface area contributed by atoms with Crippen LogP contribution in [0.5, 0.6) is 5.75 Å². The second-order valence-corrected chi connectivity index (χ2v) is 6.01. The molecule has 0 saturated carbocycles. The lowest BCUT2D eigenvalue weighted by molar-refractivity contribution is 0.119. The van der Waals surface area contributed by atoms with Crippen molar-refractivity contribution in [3.8, 4) is 5.75 Å². The Morgan fingerprint density at radius 3 is 2.54 bits per heavy atom. The maximum atomic E-state index is 13.2. The number of rotatable bonds is 10. The van der Waals surface area contributed by atoms with Crippen molar-refractivity contribution in [1.82, 2.24) is 10.6 Å². The third kappa shape index (κ3) is 9.36. The molecule has 0 bridgehead atoms. The van der Waals surface area contributed by atoms with E-state index in [1.807, 2.05) is 37.3 Å². The van der Waals surface area contributed by atoms with Gasteiger partial charge in [0, 0.05) is 19.7 Å². The van der Waals surface area contributed by atoms with Crippen LogP contribution >= 0.6 is 24.0 Å². The van der Waals surface area contributed by atoms with Gasteiger partial charge < -0.3 is 20.1 Å². The molecule has 0 radical (unpaired) electrons. The van der Waals surface area contributed by atoms with Gasteiger partial charge in [0.05, 0.1) is 20.3 Å².